The van der Waals surface area contributed by atoms with Gasteiger partial charge in [-0.15, -0.1) is 0 Å². The first-order valence-corrected chi connectivity index (χ1v) is 7.18. The number of carbonyl (C=O) groups excluding carboxylic acids is 1. The molecule has 3 rings (SSSR count). The third-order valence-electron chi connectivity index (χ3n) is 4.24. The van der Waals surface area contributed by atoms with E-state index < -0.39 is 0 Å². The quantitative estimate of drug-likeness (QED) is 0.927. The second-order valence-corrected chi connectivity index (χ2v) is 5.48. The number of carbonyl (C=O) groups is 1. The highest BCUT2D eigenvalue weighted by Crippen LogP contribution is 2.28. The van der Waals surface area contributed by atoms with Crippen molar-refractivity contribution in [2.24, 2.45) is 7.05 Å². The van der Waals surface area contributed by atoms with Crippen LogP contribution in [0.4, 0.5) is 0 Å². The Morgan fingerprint density at radius 1 is 1.40 bits per heavy atom. The van der Waals surface area contributed by atoms with Gasteiger partial charge < -0.3 is 14.6 Å². The van der Waals surface area contributed by atoms with Crippen molar-refractivity contribution in [1.82, 2.24) is 9.47 Å². The van der Waals surface area contributed by atoms with Crippen LogP contribution in [0.15, 0.2) is 30.5 Å². The lowest BCUT2D eigenvalue weighted by Crippen LogP contribution is -2.45. The third-order valence-corrected chi connectivity index (χ3v) is 4.24. The van der Waals surface area contributed by atoms with E-state index in [1.807, 2.05) is 47.0 Å². The Morgan fingerprint density at radius 2 is 2.15 bits per heavy atom. The molecule has 0 saturated heterocycles. The lowest BCUT2D eigenvalue weighted by molar-refractivity contribution is 0.0527. The minimum absolute atomic E-state index is 0.0208. The maximum absolute atomic E-state index is 12.8. The number of amides is 1. The number of aryl methyl sites for hydroxylation is 1. The van der Waals surface area contributed by atoms with E-state index in [0.29, 0.717) is 12.6 Å². The molecule has 1 heterocycles. The van der Waals surface area contributed by atoms with E-state index in [9.17, 15) is 9.90 Å². The number of rotatable bonds is 4. The van der Waals surface area contributed by atoms with Gasteiger partial charge in [-0.1, -0.05) is 18.2 Å². The lowest BCUT2D eigenvalue weighted by atomic mass is 9.91. The molecule has 0 radical (unpaired) electrons. The molecule has 1 aromatic heterocycles. The Bertz CT molecular complexity index is 628. The maximum Gasteiger partial charge on any atom is 0.256 e. The Labute approximate surface area is 118 Å². The molecule has 0 spiro atoms. The van der Waals surface area contributed by atoms with Crippen LogP contribution in [0, 0.1) is 0 Å². The number of hydrogen-bond acceptors (Lipinski definition) is 2. The van der Waals surface area contributed by atoms with Crippen molar-refractivity contribution in [2.45, 2.75) is 25.3 Å². The van der Waals surface area contributed by atoms with Crippen LogP contribution in [-0.4, -0.2) is 39.7 Å². The first-order chi connectivity index (χ1) is 9.72. The van der Waals surface area contributed by atoms with Gasteiger partial charge in [0.25, 0.3) is 5.91 Å². The topological polar surface area (TPSA) is 45.5 Å². The largest absolute Gasteiger partial charge is 0.395 e. The molecule has 0 unspecified atom stereocenters. The van der Waals surface area contributed by atoms with Crippen LogP contribution < -0.4 is 0 Å². The molecule has 4 heteroatoms. The summed E-state index contributed by atoms with van der Waals surface area (Å²) >= 11 is 0. The van der Waals surface area contributed by atoms with Crippen molar-refractivity contribution in [3.8, 4) is 0 Å². The van der Waals surface area contributed by atoms with Crippen molar-refractivity contribution >= 4 is 16.8 Å². The van der Waals surface area contributed by atoms with Crippen molar-refractivity contribution in [3.63, 3.8) is 0 Å². The highest BCUT2D eigenvalue weighted by Gasteiger charge is 2.30. The van der Waals surface area contributed by atoms with E-state index in [-0.39, 0.29) is 12.5 Å². The van der Waals surface area contributed by atoms with Crippen LogP contribution in [0.25, 0.3) is 10.9 Å². The average molecular weight is 272 g/mol. The fraction of sp³-hybridized carbons (Fsp3) is 0.438. The number of aliphatic hydroxyl groups is 1. The van der Waals surface area contributed by atoms with Gasteiger partial charge in [0, 0.05) is 36.7 Å². The normalized spacial score (nSPS) is 15.3. The number of aliphatic hydroxyl groups excluding tert-OH is 1. The number of aromatic nitrogens is 1. The Kier molecular flexibility index (Phi) is 3.49. The van der Waals surface area contributed by atoms with Crippen LogP contribution in [-0.2, 0) is 7.05 Å². The zero-order valence-electron chi connectivity index (χ0n) is 11.7. The van der Waals surface area contributed by atoms with E-state index in [4.69, 9.17) is 0 Å². The predicted molar refractivity (Wildman–Crippen MR) is 78.7 cm³/mol. The van der Waals surface area contributed by atoms with Gasteiger partial charge in [-0.05, 0) is 25.3 Å². The first kappa shape index (κ1) is 13.2. The number of fused-ring (bicyclic) bond motifs is 1. The van der Waals surface area contributed by atoms with Gasteiger partial charge in [0.05, 0.1) is 12.2 Å². The van der Waals surface area contributed by atoms with E-state index in [1.54, 1.807) is 0 Å². The van der Waals surface area contributed by atoms with Crippen molar-refractivity contribution in [3.05, 3.63) is 36.0 Å². The van der Waals surface area contributed by atoms with Crippen molar-refractivity contribution in [1.29, 1.82) is 0 Å². The van der Waals surface area contributed by atoms with Gasteiger partial charge in [0.2, 0.25) is 0 Å². The van der Waals surface area contributed by atoms with E-state index in [0.717, 1.165) is 29.3 Å². The molecule has 20 heavy (non-hydrogen) atoms. The summed E-state index contributed by atoms with van der Waals surface area (Å²) < 4.78 is 1.99. The van der Waals surface area contributed by atoms with Gasteiger partial charge >= 0.3 is 0 Å². The molecule has 1 saturated carbocycles. The number of benzene rings is 1. The predicted octanol–water partition coefficient (Wildman–Crippen LogP) is 2.17. The van der Waals surface area contributed by atoms with Gasteiger partial charge in [-0.2, -0.15) is 0 Å². The Morgan fingerprint density at radius 3 is 2.80 bits per heavy atom. The second kappa shape index (κ2) is 5.29. The highest BCUT2D eigenvalue weighted by molar-refractivity contribution is 6.07. The molecule has 0 bridgehead atoms. The van der Waals surface area contributed by atoms with Crippen LogP contribution in [0.5, 0.6) is 0 Å². The summed E-state index contributed by atoms with van der Waals surface area (Å²) in [7, 11) is 1.96. The fourth-order valence-corrected chi connectivity index (χ4v) is 2.92. The lowest BCUT2D eigenvalue weighted by Gasteiger charge is -2.37. The first-order valence-electron chi connectivity index (χ1n) is 7.18. The molecule has 1 aliphatic carbocycles. The Hall–Kier alpha value is -1.81. The standard InChI is InChI=1S/C16H20N2O2/c1-17-11-14(13-7-2-3-8-15(13)17)16(20)18(9-10-19)12-5-4-6-12/h2-3,7-8,11-12,19H,4-6,9-10H2,1H3. The molecule has 2 aromatic rings. The summed E-state index contributed by atoms with van der Waals surface area (Å²) in [5.41, 5.74) is 1.80. The third kappa shape index (κ3) is 2.10. The van der Waals surface area contributed by atoms with Gasteiger partial charge in [-0.3, -0.25) is 4.79 Å². The van der Waals surface area contributed by atoms with E-state index in [2.05, 4.69) is 0 Å². The number of hydrogen-bond donors (Lipinski definition) is 1. The molecular formula is C16H20N2O2. The van der Waals surface area contributed by atoms with Crippen LogP contribution in [0.3, 0.4) is 0 Å². The molecule has 1 aliphatic rings. The summed E-state index contributed by atoms with van der Waals surface area (Å²) in [6, 6.07) is 8.24. The summed E-state index contributed by atoms with van der Waals surface area (Å²) in [5.74, 6) is 0.0422. The molecule has 0 aliphatic heterocycles. The summed E-state index contributed by atoms with van der Waals surface area (Å²) in [6.07, 6.45) is 5.18. The zero-order chi connectivity index (χ0) is 14.1. The molecule has 1 fully saturated rings. The molecule has 4 nitrogen and oxygen atoms in total. The van der Waals surface area contributed by atoms with Crippen molar-refractivity contribution in [2.75, 3.05) is 13.2 Å². The second-order valence-electron chi connectivity index (χ2n) is 5.48. The smallest absolute Gasteiger partial charge is 0.256 e. The summed E-state index contributed by atoms with van der Waals surface area (Å²) in [6.45, 7) is 0.444. The van der Waals surface area contributed by atoms with Gasteiger partial charge in [0.15, 0.2) is 0 Å². The SMILES string of the molecule is Cn1cc(C(=O)N(CCO)C2CCC2)c2ccccc21. The van der Waals surface area contributed by atoms with E-state index in [1.165, 1.54) is 6.42 Å². The summed E-state index contributed by atoms with van der Waals surface area (Å²) in [5, 5.41) is 10.2. The summed E-state index contributed by atoms with van der Waals surface area (Å²) in [4.78, 5) is 14.6. The molecular weight excluding hydrogens is 252 g/mol. The number of nitrogens with zero attached hydrogens (tertiary/aromatic N) is 2. The van der Waals surface area contributed by atoms with Crippen LogP contribution in [0.2, 0.25) is 0 Å². The average Bonchev–Trinajstić information content (AvgIpc) is 2.74. The Balaban J connectivity index is 1.98. The van der Waals surface area contributed by atoms with Crippen LogP contribution in [0.1, 0.15) is 29.6 Å². The van der Waals surface area contributed by atoms with Gasteiger partial charge in [-0.25, -0.2) is 0 Å². The fourth-order valence-electron chi connectivity index (χ4n) is 2.92. The molecule has 1 N–H and O–H groups in total. The van der Waals surface area contributed by atoms with Crippen molar-refractivity contribution < 1.29 is 9.90 Å². The minimum Gasteiger partial charge on any atom is -0.395 e. The minimum atomic E-state index is 0.0208. The van der Waals surface area contributed by atoms with Gasteiger partial charge in [0.1, 0.15) is 0 Å². The van der Waals surface area contributed by atoms with E-state index >= 15 is 0 Å². The monoisotopic (exact) mass is 272 g/mol. The highest BCUT2D eigenvalue weighted by atomic mass is 16.3. The molecule has 106 valence electrons. The molecule has 1 amide bonds. The molecule has 0 atom stereocenters. The maximum atomic E-state index is 12.8. The van der Waals surface area contributed by atoms with Crippen LogP contribution >= 0.6 is 0 Å². The number of para-hydroxylation sites is 1. The zero-order valence-corrected chi connectivity index (χ0v) is 11.7. The molecule has 1 aromatic carbocycles.